The van der Waals surface area contributed by atoms with Crippen LogP contribution in [0, 0.1) is 0 Å². The molecule has 0 amide bonds. The maximum Gasteiger partial charge on any atom is 0.338 e. The van der Waals surface area contributed by atoms with Crippen LogP contribution in [0.1, 0.15) is 36.2 Å². The summed E-state index contributed by atoms with van der Waals surface area (Å²) in [4.78, 5) is 12.4. The molecule has 1 fully saturated rings. The van der Waals surface area contributed by atoms with Crippen molar-refractivity contribution in [1.82, 2.24) is 4.31 Å². The Balaban J connectivity index is 1.55. The molecule has 1 saturated heterocycles. The summed E-state index contributed by atoms with van der Waals surface area (Å²) >= 11 is 0. The first kappa shape index (κ1) is 21.5. The summed E-state index contributed by atoms with van der Waals surface area (Å²) < 4.78 is 38.1. The van der Waals surface area contributed by atoms with Gasteiger partial charge in [-0.2, -0.15) is 4.31 Å². The van der Waals surface area contributed by atoms with Crippen molar-refractivity contribution < 1.29 is 22.7 Å². The molecule has 0 N–H and O–H groups in total. The Morgan fingerprint density at radius 2 is 1.66 bits per heavy atom. The van der Waals surface area contributed by atoms with Crippen molar-refractivity contribution in [2.24, 2.45) is 0 Å². The van der Waals surface area contributed by atoms with Gasteiger partial charge in [0.2, 0.25) is 10.0 Å². The predicted molar refractivity (Wildman–Crippen MR) is 110 cm³/mol. The number of rotatable bonds is 7. The minimum absolute atomic E-state index is 0.154. The van der Waals surface area contributed by atoms with Crippen LogP contribution in [0.5, 0.6) is 0 Å². The van der Waals surface area contributed by atoms with E-state index in [1.54, 1.807) is 0 Å². The Morgan fingerprint density at radius 1 is 1.03 bits per heavy atom. The van der Waals surface area contributed by atoms with Gasteiger partial charge in [0, 0.05) is 13.1 Å². The number of hydrogen-bond donors (Lipinski definition) is 0. The third-order valence-electron chi connectivity index (χ3n) is 4.80. The molecular weight excluding hydrogens is 390 g/mol. The summed E-state index contributed by atoms with van der Waals surface area (Å²) in [6.07, 6.45) is 1.26. The van der Waals surface area contributed by atoms with Crippen LogP contribution < -0.4 is 0 Å². The number of ether oxygens (including phenoxy) is 2. The highest BCUT2D eigenvalue weighted by Gasteiger charge is 2.32. The molecular formula is C22H27NO5S. The number of aryl methyl sites for hydroxylation is 1. The van der Waals surface area contributed by atoms with Crippen LogP contribution in [0.4, 0.5) is 0 Å². The fourth-order valence-electron chi connectivity index (χ4n) is 3.41. The molecule has 0 bridgehead atoms. The monoisotopic (exact) mass is 417 g/mol. The highest BCUT2D eigenvalue weighted by atomic mass is 32.2. The molecule has 0 aliphatic carbocycles. The van der Waals surface area contributed by atoms with Crippen molar-refractivity contribution in [1.29, 1.82) is 0 Å². The van der Waals surface area contributed by atoms with E-state index in [1.807, 2.05) is 44.2 Å². The second-order valence-electron chi connectivity index (χ2n) is 7.33. The van der Waals surface area contributed by atoms with Crippen molar-refractivity contribution in [2.45, 2.75) is 43.8 Å². The lowest BCUT2D eigenvalue weighted by atomic mass is 10.1. The van der Waals surface area contributed by atoms with Gasteiger partial charge in [-0.25, -0.2) is 13.2 Å². The number of carbonyl (C=O) groups is 1. The normalized spacial score (nSPS) is 20.3. The van der Waals surface area contributed by atoms with Crippen LogP contribution in [-0.4, -0.2) is 50.6 Å². The third-order valence-corrected chi connectivity index (χ3v) is 6.65. The standard InChI is InChI=1S/C22H27NO5S/c1-17-15-23(16-18(2)28-17)29(25,26)21-12-10-20(11-13-21)22(24)27-14-6-9-19-7-4-3-5-8-19/h3-5,7-8,10-13,17-18H,6,9,14-16H2,1-2H3/t17-,18-/m0/s1. The zero-order valence-corrected chi connectivity index (χ0v) is 17.6. The van der Waals surface area contributed by atoms with Crippen molar-refractivity contribution >= 4 is 16.0 Å². The zero-order chi connectivity index (χ0) is 20.9. The highest BCUT2D eigenvalue weighted by molar-refractivity contribution is 7.89. The Morgan fingerprint density at radius 3 is 2.28 bits per heavy atom. The van der Waals surface area contributed by atoms with E-state index in [-0.39, 0.29) is 17.1 Å². The first-order valence-corrected chi connectivity index (χ1v) is 11.3. The average Bonchev–Trinajstić information content (AvgIpc) is 2.71. The summed E-state index contributed by atoms with van der Waals surface area (Å²) in [6.45, 7) is 4.66. The van der Waals surface area contributed by atoms with Gasteiger partial charge in [0.25, 0.3) is 0 Å². The molecule has 0 saturated carbocycles. The summed E-state index contributed by atoms with van der Waals surface area (Å²) in [5.41, 5.74) is 1.54. The number of hydrogen-bond acceptors (Lipinski definition) is 5. The summed E-state index contributed by atoms with van der Waals surface area (Å²) in [5.74, 6) is -0.448. The molecule has 0 aromatic heterocycles. The van der Waals surface area contributed by atoms with E-state index in [2.05, 4.69) is 0 Å². The van der Waals surface area contributed by atoms with Crippen LogP contribution in [0.3, 0.4) is 0 Å². The van der Waals surface area contributed by atoms with Gasteiger partial charge in [-0.1, -0.05) is 30.3 Å². The Hall–Kier alpha value is -2.22. The topological polar surface area (TPSA) is 72.9 Å². The molecule has 0 unspecified atom stereocenters. The molecule has 2 aromatic carbocycles. The van der Waals surface area contributed by atoms with E-state index >= 15 is 0 Å². The van der Waals surface area contributed by atoms with E-state index in [4.69, 9.17) is 9.47 Å². The quantitative estimate of drug-likeness (QED) is 0.511. The first-order chi connectivity index (χ1) is 13.9. The number of carbonyl (C=O) groups excluding carboxylic acids is 1. The average molecular weight is 418 g/mol. The molecule has 156 valence electrons. The number of esters is 1. The molecule has 0 spiro atoms. The van der Waals surface area contributed by atoms with Gasteiger partial charge in [0.05, 0.1) is 29.3 Å². The summed E-state index contributed by atoms with van der Waals surface area (Å²) in [6, 6.07) is 15.9. The molecule has 7 heteroatoms. The second kappa shape index (κ2) is 9.52. The lowest BCUT2D eigenvalue weighted by Crippen LogP contribution is -2.48. The minimum Gasteiger partial charge on any atom is -0.462 e. The van der Waals surface area contributed by atoms with Crippen molar-refractivity contribution in [3.05, 3.63) is 65.7 Å². The Kier molecular flexibility index (Phi) is 7.05. The highest BCUT2D eigenvalue weighted by Crippen LogP contribution is 2.21. The predicted octanol–water partition coefficient (Wildman–Crippen LogP) is 3.27. The molecule has 29 heavy (non-hydrogen) atoms. The zero-order valence-electron chi connectivity index (χ0n) is 16.8. The largest absolute Gasteiger partial charge is 0.462 e. The SMILES string of the molecule is C[C@H]1CN(S(=O)(=O)c2ccc(C(=O)OCCCc3ccccc3)cc2)C[C@H](C)O1. The molecule has 0 radical (unpaired) electrons. The minimum atomic E-state index is -3.62. The van der Waals surface area contributed by atoms with Crippen LogP contribution >= 0.6 is 0 Å². The Bertz CT molecular complexity index is 902. The van der Waals surface area contributed by atoms with Crippen LogP contribution in [0.15, 0.2) is 59.5 Å². The molecule has 2 atom stereocenters. The maximum absolute atomic E-state index is 12.9. The summed E-state index contributed by atoms with van der Waals surface area (Å²) in [5, 5.41) is 0. The molecule has 1 heterocycles. The van der Waals surface area contributed by atoms with E-state index in [9.17, 15) is 13.2 Å². The smallest absolute Gasteiger partial charge is 0.338 e. The van der Waals surface area contributed by atoms with Gasteiger partial charge in [-0.15, -0.1) is 0 Å². The van der Waals surface area contributed by atoms with Crippen molar-refractivity contribution in [3.63, 3.8) is 0 Å². The van der Waals surface area contributed by atoms with Crippen LogP contribution in [0.25, 0.3) is 0 Å². The van der Waals surface area contributed by atoms with Crippen molar-refractivity contribution in [3.8, 4) is 0 Å². The fraction of sp³-hybridized carbons (Fsp3) is 0.409. The van der Waals surface area contributed by atoms with Crippen LogP contribution in [0.2, 0.25) is 0 Å². The van der Waals surface area contributed by atoms with E-state index in [0.29, 0.717) is 25.3 Å². The number of nitrogens with zero attached hydrogens (tertiary/aromatic N) is 1. The molecule has 6 nitrogen and oxygen atoms in total. The lowest BCUT2D eigenvalue weighted by molar-refractivity contribution is -0.0440. The van der Waals surface area contributed by atoms with Crippen molar-refractivity contribution in [2.75, 3.05) is 19.7 Å². The van der Waals surface area contributed by atoms with Gasteiger partial charge in [-0.3, -0.25) is 0 Å². The van der Waals surface area contributed by atoms with Crippen LogP contribution in [-0.2, 0) is 25.9 Å². The van der Waals surface area contributed by atoms with Gasteiger partial charge in [0.15, 0.2) is 0 Å². The van der Waals surface area contributed by atoms with Gasteiger partial charge >= 0.3 is 5.97 Å². The van der Waals surface area contributed by atoms with E-state index in [0.717, 1.165) is 12.8 Å². The summed E-state index contributed by atoms with van der Waals surface area (Å²) in [7, 11) is -3.62. The molecule has 1 aliphatic heterocycles. The molecule has 1 aliphatic rings. The van der Waals surface area contributed by atoms with Gasteiger partial charge < -0.3 is 9.47 Å². The van der Waals surface area contributed by atoms with Gasteiger partial charge in [0.1, 0.15) is 0 Å². The third kappa shape index (κ3) is 5.65. The fourth-order valence-corrected chi connectivity index (χ4v) is 5.00. The van der Waals surface area contributed by atoms with E-state index < -0.39 is 16.0 Å². The number of sulfonamides is 1. The molecule has 2 aromatic rings. The van der Waals surface area contributed by atoms with Gasteiger partial charge in [-0.05, 0) is 56.5 Å². The first-order valence-electron chi connectivity index (χ1n) is 9.83. The maximum atomic E-state index is 12.9. The second-order valence-corrected chi connectivity index (χ2v) is 9.27. The molecule has 3 rings (SSSR count). The Labute approximate surface area is 172 Å². The number of benzene rings is 2. The lowest BCUT2D eigenvalue weighted by Gasteiger charge is -2.34. The van der Waals surface area contributed by atoms with E-state index in [1.165, 1.54) is 34.1 Å². The number of morpholine rings is 1.